The van der Waals surface area contributed by atoms with E-state index in [-0.39, 0.29) is 6.10 Å². The molecule has 94 valence electrons. The Kier molecular flexibility index (Phi) is 4.43. The van der Waals surface area contributed by atoms with Crippen LogP contribution in [0.15, 0.2) is 24.3 Å². The topological polar surface area (TPSA) is 23.5 Å². The van der Waals surface area contributed by atoms with Crippen LogP contribution in [0, 0.1) is 0 Å². The van der Waals surface area contributed by atoms with Crippen molar-refractivity contribution >= 4 is 11.6 Å². The first-order valence-electron chi connectivity index (χ1n) is 6.31. The molecule has 1 aromatic rings. The molecule has 0 saturated carbocycles. The van der Waals surface area contributed by atoms with E-state index in [1.165, 1.54) is 18.4 Å². The number of benzene rings is 1. The van der Waals surface area contributed by atoms with E-state index < -0.39 is 0 Å². The number of hydrogen-bond donors (Lipinski definition) is 1. The van der Waals surface area contributed by atoms with Gasteiger partial charge in [0.15, 0.2) is 0 Å². The van der Waals surface area contributed by atoms with Crippen molar-refractivity contribution in [2.45, 2.75) is 44.9 Å². The predicted molar refractivity (Wildman–Crippen MR) is 71.2 cm³/mol. The fourth-order valence-corrected chi connectivity index (χ4v) is 2.85. The van der Waals surface area contributed by atoms with Crippen molar-refractivity contribution in [3.63, 3.8) is 0 Å². The summed E-state index contributed by atoms with van der Waals surface area (Å²) in [6.07, 6.45) is 3.10. The van der Waals surface area contributed by atoms with Gasteiger partial charge in [-0.25, -0.2) is 0 Å². The molecule has 3 heteroatoms. The fourth-order valence-electron chi connectivity index (χ4n) is 2.63. The highest BCUT2D eigenvalue weighted by molar-refractivity contribution is 6.30. The summed E-state index contributed by atoms with van der Waals surface area (Å²) in [6.45, 7) is 3.94. The summed E-state index contributed by atoms with van der Waals surface area (Å²) in [5.74, 6) is 0. The van der Waals surface area contributed by atoms with E-state index in [2.05, 4.69) is 11.0 Å². The van der Waals surface area contributed by atoms with Gasteiger partial charge in [-0.2, -0.15) is 0 Å². The van der Waals surface area contributed by atoms with Gasteiger partial charge in [-0.15, -0.1) is 0 Å². The minimum atomic E-state index is -0.208. The molecule has 0 radical (unpaired) electrons. The van der Waals surface area contributed by atoms with Gasteiger partial charge >= 0.3 is 0 Å². The van der Waals surface area contributed by atoms with Gasteiger partial charge in [0, 0.05) is 17.6 Å². The van der Waals surface area contributed by atoms with Crippen molar-refractivity contribution in [2.24, 2.45) is 0 Å². The Morgan fingerprint density at radius 1 is 1.53 bits per heavy atom. The fraction of sp³-hybridized carbons (Fsp3) is 0.571. The molecule has 1 fully saturated rings. The van der Waals surface area contributed by atoms with Crippen LogP contribution in [-0.2, 0) is 6.54 Å². The largest absolute Gasteiger partial charge is 0.393 e. The second-order valence-corrected chi connectivity index (χ2v) is 5.42. The van der Waals surface area contributed by atoms with E-state index in [1.807, 2.05) is 25.1 Å². The summed E-state index contributed by atoms with van der Waals surface area (Å²) < 4.78 is 0. The first kappa shape index (κ1) is 12.9. The lowest BCUT2D eigenvalue weighted by Crippen LogP contribution is -2.31. The lowest BCUT2D eigenvalue weighted by molar-refractivity contribution is 0.131. The van der Waals surface area contributed by atoms with E-state index in [0.29, 0.717) is 6.04 Å². The van der Waals surface area contributed by atoms with Gasteiger partial charge in [-0.05, 0) is 50.4 Å². The molecule has 2 nitrogen and oxygen atoms in total. The highest BCUT2D eigenvalue weighted by Gasteiger charge is 2.25. The Balaban J connectivity index is 1.97. The molecule has 2 unspecified atom stereocenters. The average Bonchev–Trinajstić information content (AvgIpc) is 2.65. The van der Waals surface area contributed by atoms with Gasteiger partial charge in [0.05, 0.1) is 6.10 Å². The standard InChI is InChI=1S/C14H20ClNO/c1-11(17)8-14-6-3-7-16(14)10-12-4-2-5-13(15)9-12/h2,4-5,9,11,14,17H,3,6-8,10H2,1H3. The minimum absolute atomic E-state index is 0.208. The monoisotopic (exact) mass is 253 g/mol. The van der Waals surface area contributed by atoms with E-state index in [9.17, 15) is 5.11 Å². The highest BCUT2D eigenvalue weighted by Crippen LogP contribution is 2.24. The zero-order chi connectivity index (χ0) is 12.3. The van der Waals surface area contributed by atoms with Crippen LogP contribution in [0.4, 0.5) is 0 Å². The normalized spacial score (nSPS) is 22.9. The van der Waals surface area contributed by atoms with Crippen LogP contribution < -0.4 is 0 Å². The number of aliphatic hydroxyl groups excluding tert-OH is 1. The smallest absolute Gasteiger partial charge is 0.0527 e. The van der Waals surface area contributed by atoms with E-state index in [0.717, 1.165) is 24.5 Å². The molecule has 2 rings (SSSR count). The first-order chi connectivity index (χ1) is 8.15. The first-order valence-corrected chi connectivity index (χ1v) is 6.69. The van der Waals surface area contributed by atoms with Crippen LogP contribution in [0.1, 0.15) is 31.7 Å². The molecule has 0 spiro atoms. The zero-order valence-corrected chi connectivity index (χ0v) is 11.0. The van der Waals surface area contributed by atoms with Gasteiger partial charge < -0.3 is 5.11 Å². The second-order valence-electron chi connectivity index (χ2n) is 4.98. The molecule has 0 aromatic heterocycles. The number of hydrogen-bond acceptors (Lipinski definition) is 2. The average molecular weight is 254 g/mol. The Hall–Kier alpha value is -0.570. The molecule has 1 aliphatic heterocycles. The van der Waals surface area contributed by atoms with Crippen LogP contribution in [0.25, 0.3) is 0 Å². The third-order valence-electron chi connectivity index (χ3n) is 3.39. The van der Waals surface area contributed by atoms with Gasteiger partial charge in [-0.1, -0.05) is 23.7 Å². The third-order valence-corrected chi connectivity index (χ3v) is 3.62. The summed E-state index contributed by atoms with van der Waals surface area (Å²) in [7, 11) is 0. The highest BCUT2D eigenvalue weighted by atomic mass is 35.5. The van der Waals surface area contributed by atoms with Gasteiger partial charge in [-0.3, -0.25) is 4.90 Å². The zero-order valence-electron chi connectivity index (χ0n) is 10.3. The minimum Gasteiger partial charge on any atom is -0.393 e. The molecule has 1 aromatic carbocycles. The summed E-state index contributed by atoms with van der Waals surface area (Å²) in [4.78, 5) is 2.46. The van der Waals surface area contributed by atoms with Gasteiger partial charge in [0.2, 0.25) is 0 Å². The Morgan fingerprint density at radius 2 is 2.35 bits per heavy atom. The third kappa shape index (κ3) is 3.70. The van der Waals surface area contributed by atoms with Crippen molar-refractivity contribution < 1.29 is 5.11 Å². The van der Waals surface area contributed by atoms with Gasteiger partial charge in [0.1, 0.15) is 0 Å². The van der Waals surface area contributed by atoms with Crippen molar-refractivity contribution in [2.75, 3.05) is 6.54 Å². The lowest BCUT2D eigenvalue weighted by atomic mass is 10.1. The number of aliphatic hydroxyl groups is 1. The van der Waals surface area contributed by atoms with Crippen molar-refractivity contribution in [3.05, 3.63) is 34.9 Å². The molecule has 17 heavy (non-hydrogen) atoms. The molecule has 1 saturated heterocycles. The molecule has 1 aliphatic rings. The Bertz CT molecular complexity index is 367. The van der Waals surface area contributed by atoms with Crippen molar-refractivity contribution in [1.82, 2.24) is 4.90 Å². The van der Waals surface area contributed by atoms with Crippen molar-refractivity contribution in [3.8, 4) is 0 Å². The van der Waals surface area contributed by atoms with Crippen molar-refractivity contribution in [1.29, 1.82) is 0 Å². The Morgan fingerprint density at radius 3 is 3.06 bits per heavy atom. The molecular weight excluding hydrogens is 234 g/mol. The summed E-state index contributed by atoms with van der Waals surface area (Å²) in [5, 5.41) is 10.3. The van der Waals surface area contributed by atoms with Crippen LogP contribution in [-0.4, -0.2) is 28.7 Å². The molecular formula is C14H20ClNO. The van der Waals surface area contributed by atoms with Crippen LogP contribution in [0.3, 0.4) is 0 Å². The molecule has 2 atom stereocenters. The Labute approximate surface area is 108 Å². The predicted octanol–water partition coefficient (Wildman–Crippen LogP) is 3.08. The summed E-state index contributed by atoms with van der Waals surface area (Å²) in [5.41, 5.74) is 1.26. The van der Waals surface area contributed by atoms with E-state index in [1.54, 1.807) is 0 Å². The number of halogens is 1. The quantitative estimate of drug-likeness (QED) is 0.892. The second kappa shape index (κ2) is 5.85. The maximum atomic E-state index is 9.49. The molecule has 0 bridgehead atoms. The molecule has 1 heterocycles. The van der Waals surface area contributed by atoms with Crippen LogP contribution in [0.5, 0.6) is 0 Å². The summed E-state index contributed by atoms with van der Waals surface area (Å²) >= 11 is 5.99. The van der Waals surface area contributed by atoms with Gasteiger partial charge in [0.25, 0.3) is 0 Å². The number of rotatable bonds is 4. The molecule has 0 aliphatic carbocycles. The van der Waals surface area contributed by atoms with E-state index >= 15 is 0 Å². The number of nitrogens with zero attached hydrogens (tertiary/aromatic N) is 1. The lowest BCUT2D eigenvalue weighted by Gasteiger charge is -2.25. The summed E-state index contributed by atoms with van der Waals surface area (Å²) in [6, 6.07) is 8.57. The SMILES string of the molecule is CC(O)CC1CCCN1Cc1cccc(Cl)c1. The van der Waals surface area contributed by atoms with E-state index in [4.69, 9.17) is 11.6 Å². The maximum Gasteiger partial charge on any atom is 0.0527 e. The number of likely N-dealkylation sites (tertiary alicyclic amines) is 1. The maximum absolute atomic E-state index is 9.49. The van der Waals surface area contributed by atoms with Crippen LogP contribution >= 0.6 is 11.6 Å². The molecule has 1 N–H and O–H groups in total. The van der Waals surface area contributed by atoms with Crippen LogP contribution in [0.2, 0.25) is 5.02 Å². The molecule has 0 amide bonds.